The number of benzene rings is 2. The fourth-order valence-corrected chi connectivity index (χ4v) is 2.17. The zero-order valence-corrected chi connectivity index (χ0v) is 12.2. The summed E-state index contributed by atoms with van der Waals surface area (Å²) in [7, 11) is 0. The van der Waals surface area contributed by atoms with Crippen molar-refractivity contribution in [2.75, 3.05) is 0 Å². The van der Waals surface area contributed by atoms with E-state index in [0.29, 0.717) is 11.3 Å². The quantitative estimate of drug-likeness (QED) is 0.699. The molecule has 0 aliphatic rings. The third-order valence-electron chi connectivity index (χ3n) is 3.26. The minimum absolute atomic E-state index is 0.572. The van der Waals surface area contributed by atoms with Crippen LogP contribution in [0, 0.1) is 18.3 Å². The highest BCUT2D eigenvalue weighted by molar-refractivity contribution is 5.67. The molecule has 0 saturated heterocycles. The summed E-state index contributed by atoms with van der Waals surface area (Å²) < 4.78 is 5.76. The number of pyridine rings is 1. The van der Waals surface area contributed by atoms with Crippen LogP contribution < -0.4 is 4.74 Å². The predicted octanol–water partition coefficient (Wildman–Crippen LogP) is 4.72. The average molecular weight is 286 g/mol. The van der Waals surface area contributed by atoms with Crippen molar-refractivity contribution in [1.82, 2.24) is 4.98 Å². The van der Waals surface area contributed by atoms with Crippen molar-refractivity contribution in [1.29, 1.82) is 5.26 Å². The monoisotopic (exact) mass is 286 g/mol. The molecule has 22 heavy (non-hydrogen) atoms. The van der Waals surface area contributed by atoms with Crippen molar-refractivity contribution in [3.05, 3.63) is 78.0 Å². The van der Waals surface area contributed by atoms with E-state index in [9.17, 15) is 5.26 Å². The summed E-state index contributed by atoms with van der Waals surface area (Å²) in [6, 6.07) is 23.0. The van der Waals surface area contributed by atoms with Gasteiger partial charge in [-0.15, -0.1) is 0 Å². The molecule has 0 spiro atoms. The second kappa shape index (κ2) is 6.11. The summed E-state index contributed by atoms with van der Waals surface area (Å²) in [6.45, 7) is 1.91. The lowest BCUT2D eigenvalue weighted by Crippen LogP contribution is -1.92. The van der Waals surface area contributed by atoms with Crippen molar-refractivity contribution in [3.8, 4) is 28.8 Å². The minimum atomic E-state index is 0.572. The van der Waals surface area contributed by atoms with Crippen molar-refractivity contribution >= 4 is 0 Å². The van der Waals surface area contributed by atoms with Crippen molar-refractivity contribution in [3.63, 3.8) is 0 Å². The topological polar surface area (TPSA) is 45.9 Å². The zero-order valence-electron chi connectivity index (χ0n) is 12.2. The zero-order chi connectivity index (χ0) is 15.4. The Balaban J connectivity index is 1.89. The molecule has 106 valence electrons. The summed E-state index contributed by atoms with van der Waals surface area (Å²) in [6.07, 6.45) is 0. The van der Waals surface area contributed by atoms with Gasteiger partial charge in [0, 0.05) is 11.3 Å². The van der Waals surface area contributed by atoms with E-state index in [4.69, 9.17) is 4.74 Å². The molecule has 1 aromatic heterocycles. The van der Waals surface area contributed by atoms with Gasteiger partial charge in [-0.25, -0.2) is 0 Å². The lowest BCUT2D eigenvalue weighted by atomic mass is 10.1. The number of hydrogen-bond donors (Lipinski definition) is 0. The fourth-order valence-electron chi connectivity index (χ4n) is 2.17. The predicted molar refractivity (Wildman–Crippen MR) is 85.6 cm³/mol. The van der Waals surface area contributed by atoms with Gasteiger partial charge in [0.2, 0.25) is 0 Å². The third kappa shape index (κ3) is 2.97. The maximum Gasteiger partial charge on any atom is 0.127 e. The van der Waals surface area contributed by atoms with Crippen LogP contribution in [-0.2, 0) is 0 Å². The van der Waals surface area contributed by atoms with Crippen molar-refractivity contribution in [2.45, 2.75) is 6.92 Å². The molecule has 0 aliphatic heterocycles. The Morgan fingerprint density at radius 2 is 1.55 bits per heavy atom. The Labute approximate surface area is 129 Å². The van der Waals surface area contributed by atoms with E-state index in [-0.39, 0.29) is 0 Å². The fraction of sp³-hybridized carbons (Fsp3) is 0.0526. The van der Waals surface area contributed by atoms with Crippen LogP contribution in [0.25, 0.3) is 11.3 Å². The Morgan fingerprint density at radius 1 is 0.864 bits per heavy atom. The maximum atomic E-state index is 9.21. The summed E-state index contributed by atoms with van der Waals surface area (Å²) in [5.41, 5.74) is 3.07. The van der Waals surface area contributed by atoms with Crippen LogP contribution in [-0.4, -0.2) is 4.98 Å². The van der Waals surface area contributed by atoms with Crippen LogP contribution >= 0.6 is 0 Å². The second-order valence-corrected chi connectivity index (χ2v) is 4.90. The molecule has 0 N–H and O–H groups in total. The van der Waals surface area contributed by atoms with E-state index in [1.807, 2.05) is 67.6 Å². The Kier molecular flexibility index (Phi) is 3.84. The number of nitrogens with zero attached hydrogens (tertiary/aromatic N) is 2. The van der Waals surface area contributed by atoms with E-state index >= 15 is 0 Å². The second-order valence-electron chi connectivity index (χ2n) is 4.90. The van der Waals surface area contributed by atoms with E-state index in [0.717, 1.165) is 22.8 Å². The Morgan fingerprint density at radius 3 is 2.23 bits per heavy atom. The summed E-state index contributed by atoms with van der Waals surface area (Å²) in [4.78, 5) is 4.46. The molecule has 0 amide bonds. The van der Waals surface area contributed by atoms with Crippen LogP contribution in [0.4, 0.5) is 0 Å². The van der Waals surface area contributed by atoms with Gasteiger partial charge in [-0.1, -0.05) is 18.2 Å². The average Bonchev–Trinajstić information content (AvgIpc) is 2.56. The maximum absolute atomic E-state index is 9.21. The van der Waals surface area contributed by atoms with Crippen LogP contribution in [0.15, 0.2) is 66.7 Å². The molecule has 0 radical (unpaired) electrons. The van der Waals surface area contributed by atoms with Crippen LogP contribution in [0.2, 0.25) is 0 Å². The Bertz CT molecular complexity index is 818. The molecule has 0 unspecified atom stereocenters. The molecule has 3 heteroatoms. The van der Waals surface area contributed by atoms with Crippen molar-refractivity contribution in [2.24, 2.45) is 0 Å². The van der Waals surface area contributed by atoms with Gasteiger partial charge < -0.3 is 4.74 Å². The third-order valence-corrected chi connectivity index (χ3v) is 3.26. The van der Waals surface area contributed by atoms with E-state index in [2.05, 4.69) is 11.1 Å². The molecule has 0 atom stereocenters. The summed E-state index contributed by atoms with van der Waals surface area (Å²) >= 11 is 0. The van der Waals surface area contributed by atoms with Gasteiger partial charge in [0.05, 0.1) is 11.3 Å². The number of ether oxygens (including phenoxy) is 1. The van der Waals surface area contributed by atoms with Crippen molar-refractivity contribution < 1.29 is 4.74 Å². The number of aryl methyl sites for hydroxylation is 1. The van der Waals surface area contributed by atoms with Gasteiger partial charge in [0.25, 0.3) is 0 Å². The molecular formula is C19H14N2O. The lowest BCUT2D eigenvalue weighted by Gasteiger charge is -2.08. The van der Waals surface area contributed by atoms with Crippen LogP contribution in [0.3, 0.4) is 0 Å². The largest absolute Gasteiger partial charge is 0.457 e. The summed E-state index contributed by atoms with van der Waals surface area (Å²) in [5, 5.41) is 9.21. The molecule has 0 bridgehead atoms. The first-order valence-electron chi connectivity index (χ1n) is 6.97. The van der Waals surface area contributed by atoms with Gasteiger partial charge in [0.15, 0.2) is 0 Å². The normalized spacial score (nSPS) is 10.0. The van der Waals surface area contributed by atoms with Gasteiger partial charge in [-0.2, -0.15) is 5.26 Å². The minimum Gasteiger partial charge on any atom is -0.457 e. The van der Waals surface area contributed by atoms with Gasteiger partial charge >= 0.3 is 0 Å². The molecule has 3 rings (SSSR count). The van der Waals surface area contributed by atoms with E-state index < -0.39 is 0 Å². The summed E-state index contributed by atoms with van der Waals surface area (Å²) in [5.74, 6) is 1.54. The smallest absolute Gasteiger partial charge is 0.127 e. The highest BCUT2D eigenvalue weighted by Crippen LogP contribution is 2.26. The van der Waals surface area contributed by atoms with Gasteiger partial charge in [-0.05, 0) is 55.5 Å². The van der Waals surface area contributed by atoms with Gasteiger partial charge in [0.1, 0.15) is 17.6 Å². The highest BCUT2D eigenvalue weighted by Gasteiger charge is 2.07. The molecular weight excluding hydrogens is 272 g/mol. The van der Waals surface area contributed by atoms with Gasteiger partial charge in [-0.3, -0.25) is 4.98 Å². The SMILES string of the molecule is Cc1ccc(C#N)c(-c2ccc(Oc3ccccc3)cc2)n1. The molecule has 3 aromatic rings. The molecule has 3 nitrogen and oxygen atoms in total. The molecule has 0 fully saturated rings. The van der Waals surface area contributed by atoms with E-state index in [1.165, 1.54) is 0 Å². The number of rotatable bonds is 3. The first kappa shape index (κ1) is 13.8. The molecule has 0 aliphatic carbocycles. The van der Waals surface area contributed by atoms with Crippen LogP contribution in [0.1, 0.15) is 11.3 Å². The first-order chi connectivity index (χ1) is 10.8. The van der Waals surface area contributed by atoms with E-state index in [1.54, 1.807) is 6.07 Å². The lowest BCUT2D eigenvalue weighted by molar-refractivity contribution is 0.483. The number of aromatic nitrogens is 1. The van der Waals surface area contributed by atoms with Crippen LogP contribution in [0.5, 0.6) is 11.5 Å². The highest BCUT2D eigenvalue weighted by atomic mass is 16.5. The first-order valence-corrected chi connectivity index (χ1v) is 6.97. The number of nitriles is 1. The molecule has 1 heterocycles. The number of hydrogen-bond acceptors (Lipinski definition) is 3. The standard InChI is InChI=1S/C19H14N2O/c1-14-7-8-16(13-20)19(21-14)15-9-11-18(12-10-15)22-17-5-3-2-4-6-17/h2-12H,1H3. The number of para-hydroxylation sites is 1. The Hall–Kier alpha value is -3.12. The molecule has 0 saturated carbocycles. The molecule has 2 aromatic carbocycles.